The van der Waals surface area contributed by atoms with E-state index in [0.29, 0.717) is 11.1 Å². The van der Waals surface area contributed by atoms with Crippen LogP contribution in [0.15, 0.2) is 30.6 Å². The SMILES string of the molecule is COC(=O)c1ncnc2ccccc12. The van der Waals surface area contributed by atoms with Crippen molar-refractivity contribution in [2.75, 3.05) is 7.11 Å². The summed E-state index contributed by atoms with van der Waals surface area (Å²) in [6, 6.07) is 7.31. The third kappa shape index (κ3) is 1.31. The number of esters is 1. The predicted octanol–water partition coefficient (Wildman–Crippen LogP) is 1.42. The number of aromatic nitrogens is 2. The Hall–Kier alpha value is -1.97. The van der Waals surface area contributed by atoms with E-state index in [1.54, 1.807) is 6.07 Å². The molecule has 0 saturated heterocycles. The molecule has 0 amide bonds. The first-order chi connectivity index (χ1) is 6.83. The van der Waals surface area contributed by atoms with Crippen LogP contribution in [0, 0.1) is 0 Å². The molecule has 1 aromatic carbocycles. The fraction of sp³-hybridized carbons (Fsp3) is 0.100. The van der Waals surface area contributed by atoms with Crippen molar-refractivity contribution in [1.29, 1.82) is 0 Å². The van der Waals surface area contributed by atoms with Crippen LogP contribution in [0.3, 0.4) is 0 Å². The van der Waals surface area contributed by atoms with Crippen molar-refractivity contribution in [3.8, 4) is 0 Å². The van der Waals surface area contributed by atoms with Gasteiger partial charge in [-0.1, -0.05) is 18.2 Å². The average molecular weight is 188 g/mol. The fourth-order valence-corrected chi connectivity index (χ4v) is 1.26. The summed E-state index contributed by atoms with van der Waals surface area (Å²) in [5.41, 5.74) is 1.04. The Morgan fingerprint density at radius 1 is 1.29 bits per heavy atom. The quantitative estimate of drug-likeness (QED) is 0.635. The maximum atomic E-state index is 11.3. The number of fused-ring (bicyclic) bond motifs is 1. The standard InChI is InChI=1S/C10H8N2O2/c1-14-10(13)9-7-4-2-3-5-8(7)11-6-12-9/h2-6H,1H3. The van der Waals surface area contributed by atoms with Crippen LogP contribution < -0.4 is 0 Å². The highest BCUT2D eigenvalue weighted by Crippen LogP contribution is 2.14. The van der Waals surface area contributed by atoms with Crippen molar-refractivity contribution < 1.29 is 9.53 Å². The number of para-hydroxylation sites is 1. The molecule has 0 N–H and O–H groups in total. The molecule has 0 aliphatic carbocycles. The molecule has 1 aromatic heterocycles. The molecule has 2 rings (SSSR count). The number of carbonyl (C=O) groups is 1. The fourth-order valence-electron chi connectivity index (χ4n) is 1.26. The zero-order valence-corrected chi connectivity index (χ0v) is 7.60. The molecular weight excluding hydrogens is 180 g/mol. The lowest BCUT2D eigenvalue weighted by Crippen LogP contribution is -2.05. The van der Waals surface area contributed by atoms with Gasteiger partial charge in [-0.2, -0.15) is 0 Å². The Kier molecular flexibility index (Phi) is 2.10. The Labute approximate surface area is 80.6 Å². The Bertz CT molecular complexity index is 477. The Morgan fingerprint density at radius 2 is 2.07 bits per heavy atom. The molecule has 4 nitrogen and oxygen atoms in total. The molecule has 0 spiro atoms. The van der Waals surface area contributed by atoms with Crippen LogP contribution in [-0.2, 0) is 4.74 Å². The van der Waals surface area contributed by atoms with E-state index in [-0.39, 0.29) is 0 Å². The highest BCUT2D eigenvalue weighted by molar-refractivity contribution is 6.01. The van der Waals surface area contributed by atoms with E-state index in [9.17, 15) is 4.79 Å². The molecule has 0 aliphatic rings. The Morgan fingerprint density at radius 3 is 2.86 bits per heavy atom. The van der Waals surface area contributed by atoms with Gasteiger partial charge in [0.1, 0.15) is 6.33 Å². The summed E-state index contributed by atoms with van der Waals surface area (Å²) < 4.78 is 4.62. The van der Waals surface area contributed by atoms with E-state index in [1.807, 2.05) is 18.2 Å². The molecule has 0 fully saturated rings. The zero-order chi connectivity index (χ0) is 9.97. The van der Waals surface area contributed by atoms with Crippen LogP contribution in [0.2, 0.25) is 0 Å². The first kappa shape index (κ1) is 8.62. The van der Waals surface area contributed by atoms with Gasteiger partial charge in [-0.25, -0.2) is 14.8 Å². The molecule has 70 valence electrons. The van der Waals surface area contributed by atoms with E-state index in [2.05, 4.69) is 14.7 Å². The summed E-state index contributed by atoms with van der Waals surface area (Å²) in [6.07, 6.45) is 1.36. The van der Waals surface area contributed by atoms with Crippen LogP contribution in [0.5, 0.6) is 0 Å². The van der Waals surface area contributed by atoms with E-state index in [0.717, 1.165) is 5.52 Å². The number of benzene rings is 1. The van der Waals surface area contributed by atoms with Gasteiger partial charge in [-0.15, -0.1) is 0 Å². The van der Waals surface area contributed by atoms with Crippen LogP contribution >= 0.6 is 0 Å². The molecule has 0 unspecified atom stereocenters. The summed E-state index contributed by atoms with van der Waals surface area (Å²) in [5, 5.41) is 0.710. The van der Waals surface area contributed by atoms with E-state index >= 15 is 0 Å². The molecule has 0 atom stereocenters. The Balaban J connectivity index is 2.71. The minimum Gasteiger partial charge on any atom is -0.464 e. The molecule has 0 aliphatic heterocycles. The summed E-state index contributed by atoms with van der Waals surface area (Å²) >= 11 is 0. The van der Waals surface area contributed by atoms with Crippen molar-refractivity contribution in [3.05, 3.63) is 36.3 Å². The summed E-state index contributed by atoms with van der Waals surface area (Å²) in [6.45, 7) is 0. The van der Waals surface area contributed by atoms with Gasteiger partial charge >= 0.3 is 5.97 Å². The average Bonchev–Trinajstić information content (AvgIpc) is 2.27. The monoisotopic (exact) mass is 188 g/mol. The number of carbonyl (C=O) groups excluding carboxylic acids is 1. The molecule has 0 saturated carbocycles. The van der Waals surface area contributed by atoms with Crippen molar-refractivity contribution in [2.45, 2.75) is 0 Å². The van der Waals surface area contributed by atoms with Gasteiger partial charge in [-0.3, -0.25) is 0 Å². The minimum absolute atomic E-state index is 0.304. The van der Waals surface area contributed by atoms with Crippen molar-refractivity contribution in [3.63, 3.8) is 0 Å². The lowest BCUT2D eigenvalue weighted by atomic mass is 10.2. The third-order valence-electron chi connectivity index (χ3n) is 1.92. The van der Waals surface area contributed by atoms with E-state index < -0.39 is 5.97 Å². The maximum Gasteiger partial charge on any atom is 0.357 e. The minimum atomic E-state index is -0.441. The second-order valence-corrected chi connectivity index (χ2v) is 2.73. The van der Waals surface area contributed by atoms with E-state index in [4.69, 9.17) is 0 Å². The highest BCUT2D eigenvalue weighted by atomic mass is 16.5. The van der Waals surface area contributed by atoms with Crippen LogP contribution in [-0.4, -0.2) is 23.0 Å². The van der Waals surface area contributed by atoms with Crippen LogP contribution in [0.25, 0.3) is 10.9 Å². The van der Waals surface area contributed by atoms with Gasteiger partial charge in [0.2, 0.25) is 0 Å². The maximum absolute atomic E-state index is 11.3. The molecular formula is C10H8N2O2. The smallest absolute Gasteiger partial charge is 0.357 e. The van der Waals surface area contributed by atoms with Crippen molar-refractivity contribution >= 4 is 16.9 Å². The third-order valence-corrected chi connectivity index (χ3v) is 1.92. The second-order valence-electron chi connectivity index (χ2n) is 2.73. The zero-order valence-electron chi connectivity index (χ0n) is 7.60. The first-order valence-corrected chi connectivity index (χ1v) is 4.11. The number of hydrogen-bond acceptors (Lipinski definition) is 4. The molecule has 4 heteroatoms. The number of nitrogens with zero attached hydrogens (tertiary/aromatic N) is 2. The summed E-state index contributed by atoms with van der Waals surface area (Å²) in [4.78, 5) is 19.2. The molecule has 14 heavy (non-hydrogen) atoms. The van der Waals surface area contributed by atoms with Crippen LogP contribution in [0.1, 0.15) is 10.5 Å². The predicted molar refractivity (Wildman–Crippen MR) is 50.9 cm³/mol. The lowest BCUT2D eigenvalue weighted by molar-refractivity contribution is 0.0596. The lowest BCUT2D eigenvalue weighted by Gasteiger charge is -2.01. The number of methoxy groups -OCH3 is 1. The molecule has 2 aromatic rings. The molecule has 0 bridgehead atoms. The topological polar surface area (TPSA) is 52.1 Å². The highest BCUT2D eigenvalue weighted by Gasteiger charge is 2.11. The van der Waals surface area contributed by atoms with Gasteiger partial charge in [-0.05, 0) is 6.07 Å². The molecule has 0 radical (unpaired) electrons. The van der Waals surface area contributed by atoms with E-state index in [1.165, 1.54) is 13.4 Å². The van der Waals surface area contributed by atoms with Gasteiger partial charge in [0.05, 0.1) is 12.6 Å². The summed E-state index contributed by atoms with van der Waals surface area (Å²) in [7, 11) is 1.33. The normalized spacial score (nSPS) is 10.1. The van der Waals surface area contributed by atoms with Crippen LogP contribution in [0.4, 0.5) is 0 Å². The second kappa shape index (κ2) is 3.41. The van der Waals surface area contributed by atoms with Gasteiger partial charge in [0, 0.05) is 5.39 Å². The first-order valence-electron chi connectivity index (χ1n) is 4.11. The number of rotatable bonds is 1. The summed E-state index contributed by atoms with van der Waals surface area (Å²) in [5.74, 6) is -0.441. The molecule has 1 heterocycles. The van der Waals surface area contributed by atoms with Crippen molar-refractivity contribution in [2.24, 2.45) is 0 Å². The largest absolute Gasteiger partial charge is 0.464 e. The van der Waals surface area contributed by atoms with Gasteiger partial charge in [0.15, 0.2) is 5.69 Å². The van der Waals surface area contributed by atoms with Gasteiger partial charge < -0.3 is 4.74 Å². The number of hydrogen-bond donors (Lipinski definition) is 0. The van der Waals surface area contributed by atoms with Crippen molar-refractivity contribution in [1.82, 2.24) is 9.97 Å². The number of ether oxygens (including phenoxy) is 1. The van der Waals surface area contributed by atoms with Gasteiger partial charge in [0.25, 0.3) is 0 Å².